The fraction of sp³-hybridized carbons (Fsp3) is 0.344. The molecule has 0 fully saturated rings. The lowest BCUT2D eigenvalue weighted by molar-refractivity contribution is -0.266. The van der Waals surface area contributed by atoms with Crippen molar-refractivity contribution in [1.29, 1.82) is 15.8 Å². The Morgan fingerprint density at radius 3 is 1.32 bits per heavy atom. The van der Waals surface area contributed by atoms with Crippen molar-refractivity contribution in [2.24, 2.45) is 32.2 Å². The standard InChI is InChI=1S/C22H17F7N4O3.C21H17F5N4O2.C21H20F2N4O3/c1-20(17(35-10-21(24,25)26)18(22(27,28)29)36-19(31)33-20)13-6-11(2-4-14(13)23)7-16(34)15-5-3-12(8-30)9-32-15;1-19(21(24,25)26)10-20(11-22,30-18(28)32-19)14-6-12(2-4-15(14)23)7-17(31)16-5-3-13(8-27)9-29-16;1-21(19(29-2)18(9-22)30-20(25)27-21)14-7-12(3-5-15(14)23)8-17(28)16-6-4-13(10-24)11-26-16/h2-6,9,17-18H,7,10H2,1H3,(H2,31,33);2-6,9H,7,10-11H2,1H3,(H2,28,30);3-7,11,18-19H,8-9H2,1-2H3,(H2,25,27)/t17-,18-,20+;19-,20+;18-,19+,21-/m011/s1. The Hall–Kier alpha value is -10.7. The van der Waals surface area contributed by atoms with Crippen LogP contribution in [-0.4, -0.2) is 126 Å². The van der Waals surface area contributed by atoms with Gasteiger partial charge >= 0.3 is 18.5 Å². The van der Waals surface area contributed by atoms with Gasteiger partial charge in [0.05, 0.1) is 16.7 Å². The number of aliphatic imine (C=N–C) groups is 3. The first-order valence-corrected chi connectivity index (χ1v) is 28.5. The van der Waals surface area contributed by atoms with Crippen LogP contribution in [0, 0.1) is 51.4 Å². The number of nitrogens with zero attached hydrogens (tertiary/aromatic N) is 9. The third-order valence-electron chi connectivity index (χ3n) is 15.5. The maximum Gasteiger partial charge on any atom is 0.428 e. The number of carbonyl (C=O) groups excluding carboxylic acids is 3. The highest BCUT2D eigenvalue weighted by molar-refractivity contribution is 5.97. The number of pyridine rings is 3. The molecule has 3 aromatic heterocycles. The molecule has 3 aliphatic heterocycles. The van der Waals surface area contributed by atoms with E-state index in [2.05, 4.69) is 44.1 Å². The van der Waals surface area contributed by atoms with E-state index in [1.165, 1.54) is 86.2 Å². The van der Waals surface area contributed by atoms with Crippen molar-refractivity contribution >= 4 is 35.4 Å². The summed E-state index contributed by atoms with van der Waals surface area (Å²) in [6, 6.07) is 22.2. The maximum absolute atomic E-state index is 14.9. The van der Waals surface area contributed by atoms with Crippen molar-refractivity contribution in [3.05, 3.63) is 194 Å². The zero-order chi connectivity index (χ0) is 72.5. The molecule has 0 spiro atoms. The van der Waals surface area contributed by atoms with Gasteiger partial charge < -0.3 is 40.9 Å². The Morgan fingerprint density at radius 2 is 0.969 bits per heavy atom. The Kier molecular flexibility index (Phi) is 22.7. The predicted octanol–water partition coefficient (Wildman–Crippen LogP) is 10.1. The smallest absolute Gasteiger partial charge is 0.428 e. The fourth-order valence-corrected chi connectivity index (χ4v) is 10.7. The van der Waals surface area contributed by atoms with E-state index in [1.807, 2.05) is 18.2 Å². The van der Waals surface area contributed by atoms with Crippen LogP contribution in [0.3, 0.4) is 0 Å². The van der Waals surface area contributed by atoms with Crippen LogP contribution in [0.2, 0.25) is 0 Å². The fourth-order valence-electron chi connectivity index (χ4n) is 10.7. The number of rotatable bonds is 17. The number of nitrogens with two attached hydrogens (primary N) is 3. The summed E-state index contributed by atoms with van der Waals surface area (Å²) in [5.74, 6) is -4.08. The molecule has 516 valence electrons. The second kappa shape index (κ2) is 29.8. The lowest BCUT2D eigenvalue weighted by Crippen LogP contribution is -2.58. The number of aromatic nitrogens is 3. The van der Waals surface area contributed by atoms with Gasteiger partial charge in [0, 0.05) is 68.1 Å². The molecule has 0 aliphatic carbocycles. The number of nitriles is 3. The molecule has 0 unspecified atom stereocenters. The average molecular weight is 1390 g/mol. The molecular weight excluding hydrogens is 1330 g/mol. The van der Waals surface area contributed by atoms with Crippen molar-refractivity contribution < 1.29 is 99.5 Å². The van der Waals surface area contributed by atoms with E-state index in [0.29, 0.717) is 18.1 Å². The second-order valence-electron chi connectivity index (χ2n) is 22.6. The van der Waals surface area contributed by atoms with Gasteiger partial charge in [0.25, 0.3) is 18.1 Å². The lowest BCUT2D eigenvalue weighted by Gasteiger charge is -2.43. The monoisotopic (exact) mass is 1380 g/mol. The summed E-state index contributed by atoms with van der Waals surface area (Å²) >= 11 is 0. The minimum absolute atomic E-state index is 0.0352. The molecule has 0 radical (unpaired) electrons. The summed E-state index contributed by atoms with van der Waals surface area (Å²) in [5.41, 5.74) is 8.38. The SMILES string of the molecule is CO[C@H]1[C@@H](CF)OC(N)=N[C@]1(C)c1cc(CC(=O)c2ccc(C#N)cn2)ccc1F.C[C@]1(C(F)(F)F)C[C@](CF)(c2cc(CC(=O)c3ccc(C#N)cn3)ccc2F)N=C(N)O1.C[C@]1(c2cc(CC(=O)c3ccc(C#N)cn3)ccc2F)N=C(N)O[C@H](C(F)(F)F)[C@@H]1OCC(F)(F)F. The first kappa shape index (κ1) is 74.7. The van der Waals surface area contributed by atoms with Crippen LogP contribution in [-0.2, 0) is 59.6 Å². The first-order valence-electron chi connectivity index (χ1n) is 28.5. The van der Waals surface area contributed by atoms with E-state index < -0.39 is 150 Å². The summed E-state index contributed by atoms with van der Waals surface area (Å²) in [7, 11) is 1.35. The zero-order valence-corrected chi connectivity index (χ0v) is 51.5. The van der Waals surface area contributed by atoms with Gasteiger partial charge in [0.15, 0.2) is 23.5 Å². The van der Waals surface area contributed by atoms with E-state index in [9.17, 15) is 75.8 Å². The number of ether oxygens (including phenoxy) is 5. The summed E-state index contributed by atoms with van der Waals surface area (Å²) < 4.78 is 216. The number of amidine groups is 3. The predicted molar refractivity (Wildman–Crippen MR) is 316 cm³/mol. The molecule has 6 aromatic rings. The number of halogens is 14. The Bertz CT molecular complexity index is 4180. The highest BCUT2D eigenvalue weighted by Gasteiger charge is 2.62. The van der Waals surface area contributed by atoms with Gasteiger partial charge in [-0.1, -0.05) is 18.2 Å². The Morgan fingerprint density at radius 1 is 0.571 bits per heavy atom. The minimum atomic E-state index is -5.25. The lowest BCUT2D eigenvalue weighted by atomic mass is 9.79. The van der Waals surface area contributed by atoms with Crippen LogP contribution in [0.15, 0.2) is 125 Å². The van der Waals surface area contributed by atoms with Crippen molar-refractivity contribution in [3.63, 3.8) is 0 Å². The Labute approximate surface area is 547 Å². The first-order chi connectivity index (χ1) is 45.9. The number of methoxy groups -OCH3 is 1. The number of Topliss-reactive ketones (excluding diaryl/α,β-unsaturated/α-hetero) is 3. The molecule has 8 atom stereocenters. The highest BCUT2D eigenvalue weighted by atomic mass is 19.4. The molecule has 0 saturated carbocycles. The molecule has 6 N–H and O–H groups in total. The van der Waals surface area contributed by atoms with Crippen LogP contribution in [0.4, 0.5) is 61.5 Å². The van der Waals surface area contributed by atoms with Crippen LogP contribution in [0.1, 0.15) is 109 Å². The second-order valence-corrected chi connectivity index (χ2v) is 22.6. The number of carbonyl (C=O) groups is 3. The van der Waals surface area contributed by atoms with E-state index in [0.717, 1.165) is 37.4 Å². The molecule has 9 rings (SSSR count). The summed E-state index contributed by atoms with van der Waals surface area (Å²) in [4.78, 5) is 60.9. The third-order valence-corrected chi connectivity index (χ3v) is 15.5. The molecule has 34 heteroatoms. The molecule has 3 aliphatic rings. The van der Waals surface area contributed by atoms with Gasteiger partial charge in [0.1, 0.15) is 102 Å². The number of benzene rings is 3. The highest BCUT2D eigenvalue weighted by Crippen LogP contribution is 2.49. The molecule has 0 amide bonds. The largest absolute Gasteiger partial charge is 0.456 e. The van der Waals surface area contributed by atoms with Crippen molar-refractivity contribution in [1.82, 2.24) is 15.0 Å². The van der Waals surface area contributed by atoms with Crippen LogP contribution >= 0.6 is 0 Å². The Balaban J connectivity index is 0.000000208. The van der Waals surface area contributed by atoms with Crippen LogP contribution in [0.25, 0.3) is 0 Å². The molecule has 0 bridgehead atoms. The van der Waals surface area contributed by atoms with E-state index in [4.69, 9.17) is 42.5 Å². The van der Waals surface area contributed by atoms with Crippen molar-refractivity contribution in [3.8, 4) is 18.2 Å². The van der Waals surface area contributed by atoms with Gasteiger partial charge in [0.2, 0.25) is 11.7 Å². The summed E-state index contributed by atoms with van der Waals surface area (Å²) in [5, 5.41) is 26.4. The normalized spacial score (nSPS) is 22.9. The van der Waals surface area contributed by atoms with Crippen molar-refractivity contribution in [2.45, 2.75) is 112 Å². The number of ketones is 3. The maximum atomic E-state index is 14.9. The van der Waals surface area contributed by atoms with E-state index in [-0.39, 0.29) is 69.5 Å². The average Bonchev–Trinajstić information content (AvgIpc) is 0.756. The molecule has 3 aromatic carbocycles. The number of hydrogen-bond acceptors (Lipinski definition) is 20. The molecule has 6 heterocycles. The molecule has 20 nitrogen and oxygen atoms in total. The molecule has 98 heavy (non-hydrogen) atoms. The van der Waals surface area contributed by atoms with Crippen LogP contribution in [0.5, 0.6) is 0 Å². The number of hydrogen-bond donors (Lipinski definition) is 3. The molecule has 0 saturated heterocycles. The van der Waals surface area contributed by atoms with E-state index in [1.54, 1.807) is 6.92 Å². The number of alkyl halides is 11. The molecular formula is C64H54F14N12O8. The minimum Gasteiger partial charge on any atom is -0.456 e. The summed E-state index contributed by atoms with van der Waals surface area (Å²) in [6.45, 7) is -1.29. The van der Waals surface area contributed by atoms with E-state index >= 15 is 0 Å². The third kappa shape index (κ3) is 17.1. The zero-order valence-electron chi connectivity index (χ0n) is 51.5. The van der Waals surface area contributed by atoms with Crippen LogP contribution < -0.4 is 17.2 Å². The quantitative estimate of drug-likeness (QED) is 0.0564. The van der Waals surface area contributed by atoms with Gasteiger partial charge in [-0.15, -0.1) is 0 Å². The topological polar surface area (TPSA) is 323 Å². The summed E-state index contributed by atoms with van der Waals surface area (Å²) in [6.07, 6.45) is -20.8. The van der Waals surface area contributed by atoms with Gasteiger partial charge in [-0.2, -0.15) is 55.3 Å². The van der Waals surface area contributed by atoms with Gasteiger partial charge in [-0.25, -0.2) is 36.9 Å². The van der Waals surface area contributed by atoms with Crippen molar-refractivity contribution in [2.75, 3.05) is 27.1 Å². The van der Waals surface area contributed by atoms with Gasteiger partial charge in [-0.05, 0) is 110 Å². The van der Waals surface area contributed by atoms with Gasteiger partial charge in [-0.3, -0.25) is 29.3 Å².